The highest BCUT2D eigenvalue weighted by atomic mass is 32.2. The van der Waals surface area contributed by atoms with Crippen LogP contribution in [0.25, 0.3) is 0 Å². The number of hydrogen-bond acceptors (Lipinski definition) is 5. The number of nitrogens with zero attached hydrogens (tertiary/aromatic N) is 1. The zero-order chi connectivity index (χ0) is 20.3. The maximum Gasteiger partial charge on any atom is 0.338 e. The first kappa shape index (κ1) is 20.5. The maximum absolute atomic E-state index is 13.0. The van der Waals surface area contributed by atoms with Crippen molar-refractivity contribution in [2.24, 2.45) is 0 Å². The molecule has 2 aromatic rings. The quantitative estimate of drug-likeness (QED) is 0.717. The zero-order valence-electron chi connectivity index (χ0n) is 16.3. The van der Waals surface area contributed by atoms with E-state index >= 15 is 0 Å². The van der Waals surface area contributed by atoms with Crippen molar-refractivity contribution < 1.29 is 22.7 Å². The number of esters is 1. The molecule has 0 aliphatic carbocycles. The molecule has 0 N–H and O–H groups in total. The van der Waals surface area contributed by atoms with Gasteiger partial charge in [-0.3, -0.25) is 0 Å². The van der Waals surface area contributed by atoms with Gasteiger partial charge in [0.2, 0.25) is 10.0 Å². The lowest BCUT2D eigenvalue weighted by atomic mass is 10.1. The molecule has 28 heavy (non-hydrogen) atoms. The van der Waals surface area contributed by atoms with Crippen LogP contribution in [0.5, 0.6) is 0 Å². The summed E-state index contributed by atoms with van der Waals surface area (Å²) in [7, 11) is -3.71. The molecule has 0 unspecified atom stereocenters. The van der Waals surface area contributed by atoms with E-state index in [9.17, 15) is 13.2 Å². The van der Waals surface area contributed by atoms with E-state index in [1.807, 2.05) is 45.0 Å². The number of carbonyl (C=O) groups excluding carboxylic acids is 1. The van der Waals surface area contributed by atoms with Crippen LogP contribution in [0.3, 0.4) is 0 Å². The molecule has 0 amide bonds. The predicted molar refractivity (Wildman–Crippen MR) is 106 cm³/mol. The molecule has 6 nitrogen and oxygen atoms in total. The van der Waals surface area contributed by atoms with Crippen LogP contribution < -0.4 is 0 Å². The lowest BCUT2D eigenvalue weighted by Gasteiger charge is -2.34. The van der Waals surface area contributed by atoms with Gasteiger partial charge in [-0.1, -0.05) is 35.9 Å². The fraction of sp³-hybridized carbons (Fsp3) is 0.381. The summed E-state index contributed by atoms with van der Waals surface area (Å²) in [6.45, 7) is 6.36. The third kappa shape index (κ3) is 4.79. The van der Waals surface area contributed by atoms with Gasteiger partial charge in [-0.05, 0) is 44.5 Å². The van der Waals surface area contributed by atoms with E-state index in [0.717, 1.165) is 11.1 Å². The Morgan fingerprint density at radius 1 is 1.11 bits per heavy atom. The highest BCUT2D eigenvalue weighted by Gasteiger charge is 2.32. The monoisotopic (exact) mass is 403 g/mol. The molecule has 3 rings (SSSR count). The number of carbonyl (C=O) groups is 1. The molecule has 1 saturated heterocycles. The molecule has 1 fully saturated rings. The second-order valence-electron chi connectivity index (χ2n) is 7.17. The number of sulfonamides is 1. The van der Waals surface area contributed by atoms with Crippen LogP contribution in [-0.4, -0.2) is 44.0 Å². The van der Waals surface area contributed by atoms with Gasteiger partial charge in [0.1, 0.15) is 6.61 Å². The first-order valence-corrected chi connectivity index (χ1v) is 10.7. The van der Waals surface area contributed by atoms with Crippen molar-refractivity contribution >= 4 is 16.0 Å². The third-order valence-electron chi connectivity index (χ3n) is 4.55. The summed E-state index contributed by atoms with van der Waals surface area (Å²) >= 11 is 0. The summed E-state index contributed by atoms with van der Waals surface area (Å²) < 4.78 is 38.3. The molecular weight excluding hydrogens is 378 g/mol. The number of benzene rings is 2. The minimum Gasteiger partial charge on any atom is -0.457 e. The molecule has 0 bridgehead atoms. The van der Waals surface area contributed by atoms with Gasteiger partial charge in [-0.15, -0.1) is 0 Å². The second-order valence-corrected chi connectivity index (χ2v) is 9.11. The Bertz CT molecular complexity index is 947. The summed E-state index contributed by atoms with van der Waals surface area (Å²) in [5.74, 6) is -0.553. The lowest BCUT2D eigenvalue weighted by molar-refractivity contribution is -0.0440. The molecule has 2 atom stereocenters. The molecule has 2 aromatic carbocycles. The molecule has 1 aliphatic heterocycles. The van der Waals surface area contributed by atoms with E-state index in [1.54, 1.807) is 12.1 Å². The minimum absolute atomic E-state index is 0.0822. The number of aryl methyl sites for hydroxylation is 1. The van der Waals surface area contributed by atoms with Gasteiger partial charge in [0, 0.05) is 13.1 Å². The van der Waals surface area contributed by atoms with Crippen molar-refractivity contribution in [3.8, 4) is 0 Å². The molecular formula is C21H25NO5S. The van der Waals surface area contributed by atoms with Crippen LogP contribution in [0.2, 0.25) is 0 Å². The molecule has 1 heterocycles. The van der Waals surface area contributed by atoms with E-state index in [1.165, 1.54) is 16.4 Å². The van der Waals surface area contributed by atoms with Gasteiger partial charge in [0.05, 0.1) is 22.7 Å². The Morgan fingerprint density at radius 3 is 2.46 bits per heavy atom. The first-order chi connectivity index (χ1) is 13.3. The van der Waals surface area contributed by atoms with Crippen LogP contribution >= 0.6 is 0 Å². The van der Waals surface area contributed by atoms with E-state index in [2.05, 4.69) is 0 Å². The van der Waals surface area contributed by atoms with Gasteiger partial charge >= 0.3 is 5.97 Å². The topological polar surface area (TPSA) is 72.9 Å². The Morgan fingerprint density at radius 2 is 1.79 bits per heavy atom. The SMILES string of the molecule is Cc1cccc(COC(=O)c2cccc(S(=O)(=O)N3C[C@H](C)O[C@@H](C)C3)c2)c1. The third-order valence-corrected chi connectivity index (χ3v) is 6.37. The van der Waals surface area contributed by atoms with Crippen LogP contribution in [0.15, 0.2) is 53.4 Å². The fourth-order valence-corrected chi connectivity index (χ4v) is 4.93. The summed E-state index contributed by atoms with van der Waals surface area (Å²) in [6, 6.07) is 13.7. The standard InChI is InChI=1S/C21H25NO5S/c1-15-6-4-7-18(10-15)14-26-21(23)19-8-5-9-20(11-19)28(24,25)22-12-16(2)27-17(3)13-22/h4-11,16-17H,12-14H2,1-3H3/t16-,17-/m0/s1. The summed E-state index contributed by atoms with van der Waals surface area (Å²) in [6.07, 6.45) is -0.359. The average molecular weight is 404 g/mol. The molecule has 0 radical (unpaired) electrons. The molecule has 1 aliphatic rings. The van der Waals surface area contributed by atoms with Crippen molar-refractivity contribution in [1.29, 1.82) is 0 Å². The molecule has 0 spiro atoms. The zero-order valence-corrected chi connectivity index (χ0v) is 17.1. The number of ether oxygens (including phenoxy) is 2. The number of hydrogen-bond donors (Lipinski definition) is 0. The molecule has 150 valence electrons. The van der Waals surface area contributed by atoms with Crippen molar-refractivity contribution in [3.63, 3.8) is 0 Å². The van der Waals surface area contributed by atoms with Gasteiger partial charge in [-0.25, -0.2) is 13.2 Å². The summed E-state index contributed by atoms with van der Waals surface area (Å²) in [5, 5.41) is 0. The van der Waals surface area contributed by atoms with Gasteiger partial charge in [0.25, 0.3) is 0 Å². The second kappa shape index (κ2) is 8.43. The summed E-state index contributed by atoms with van der Waals surface area (Å²) in [5.41, 5.74) is 2.17. The van der Waals surface area contributed by atoms with Crippen LogP contribution in [0.4, 0.5) is 0 Å². The molecule has 0 saturated carbocycles. The van der Waals surface area contributed by atoms with E-state index in [0.29, 0.717) is 0 Å². The predicted octanol–water partition coefficient (Wildman–Crippen LogP) is 3.15. The van der Waals surface area contributed by atoms with Gasteiger partial charge in [-0.2, -0.15) is 4.31 Å². The molecule has 7 heteroatoms. The Hall–Kier alpha value is -2.22. The Kier molecular flexibility index (Phi) is 6.17. The minimum atomic E-state index is -3.71. The van der Waals surface area contributed by atoms with Crippen molar-refractivity contribution in [3.05, 3.63) is 65.2 Å². The van der Waals surface area contributed by atoms with Crippen molar-refractivity contribution in [2.45, 2.75) is 44.5 Å². The Labute approximate surface area is 166 Å². The van der Waals surface area contributed by atoms with Crippen LogP contribution in [0, 0.1) is 6.92 Å². The lowest BCUT2D eigenvalue weighted by Crippen LogP contribution is -2.48. The van der Waals surface area contributed by atoms with Crippen molar-refractivity contribution in [2.75, 3.05) is 13.1 Å². The number of rotatable bonds is 5. The van der Waals surface area contributed by atoms with Crippen LogP contribution in [0.1, 0.15) is 35.3 Å². The van der Waals surface area contributed by atoms with Gasteiger partial charge < -0.3 is 9.47 Å². The summed E-state index contributed by atoms with van der Waals surface area (Å²) in [4.78, 5) is 12.5. The highest BCUT2D eigenvalue weighted by Crippen LogP contribution is 2.22. The van der Waals surface area contributed by atoms with Crippen LogP contribution in [-0.2, 0) is 26.1 Å². The van der Waals surface area contributed by atoms with E-state index < -0.39 is 16.0 Å². The van der Waals surface area contributed by atoms with E-state index in [-0.39, 0.29) is 42.4 Å². The van der Waals surface area contributed by atoms with E-state index in [4.69, 9.17) is 9.47 Å². The van der Waals surface area contributed by atoms with Gasteiger partial charge in [0.15, 0.2) is 0 Å². The highest BCUT2D eigenvalue weighted by molar-refractivity contribution is 7.89. The normalized spacial score (nSPS) is 20.7. The largest absolute Gasteiger partial charge is 0.457 e. The fourth-order valence-electron chi connectivity index (χ4n) is 3.29. The smallest absolute Gasteiger partial charge is 0.338 e. The Balaban J connectivity index is 1.74. The van der Waals surface area contributed by atoms with Crippen molar-refractivity contribution in [1.82, 2.24) is 4.31 Å². The first-order valence-electron chi connectivity index (χ1n) is 9.24. The molecule has 0 aromatic heterocycles. The maximum atomic E-state index is 13.0. The average Bonchev–Trinajstić information content (AvgIpc) is 2.65. The number of morpholine rings is 1.